The van der Waals surface area contributed by atoms with E-state index in [2.05, 4.69) is 31.9 Å². The van der Waals surface area contributed by atoms with Crippen LogP contribution in [0.3, 0.4) is 0 Å². The predicted octanol–water partition coefficient (Wildman–Crippen LogP) is 1.95. The molecule has 1 rings (SSSR count). The third kappa shape index (κ3) is 2.70. The topological polar surface area (TPSA) is 40.5 Å². The second kappa shape index (κ2) is 4.94. The number of alkyl halides is 2. The summed E-state index contributed by atoms with van der Waals surface area (Å²) in [6, 6.07) is 2.33. The molecule has 0 aliphatic heterocycles. The van der Waals surface area contributed by atoms with Crippen molar-refractivity contribution in [2.75, 3.05) is 0 Å². The molecule has 0 aromatic heterocycles. The van der Waals surface area contributed by atoms with Gasteiger partial charge < -0.3 is 10.0 Å². The van der Waals surface area contributed by atoms with Crippen molar-refractivity contribution in [1.29, 1.82) is 0 Å². The zero-order valence-electron chi connectivity index (χ0n) is 6.72. The van der Waals surface area contributed by atoms with E-state index < -0.39 is 12.9 Å². The van der Waals surface area contributed by atoms with Gasteiger partial charge >= 0.3 is 7.12 Å². The first-order valence-electron chi connectivity index (χ1n) is 3.56. The maximum atomic E-state index is 13.1. The van der Waals surface area contributed by atoms with Gasteiger partial charge in [0.1, 0.15) is 5.82 Å². The van der Waals surface area contributed by atoms with Crippen LogP contribution in [0.2, 0.25) is 5.02 Å². The van der Waals surface area contributed by atoms with Crippen LogP contribution < -0.4 is 5.46 Å². The van der Waals surface area contributed by atoms with Gasteiger partial charge in [0.05, 0.1) is 3.74 Å². The van der Waals surface area contributed by atoms with Crippen molar-refractivity contribution < 1.29 is 14.4 Å². The molecule has 0 unspecified atom stereocenters. The summed E-state index contributed by atoms with van der Waals surface area (Å²) in [7, 11) is -1.84. The highest BCUT2D eigenvalue weighted by molar-refractivity contribution is 9.24. The lowest BCUT2D eigenvalue weighted by atomic mass is 9.79. The Bertz CT molecular complexity index is 319. The minimum absolute atomic E-state index is 0.201. The van der Waals surface area contributed by atoms with Crippen LogP contribution in [0.15, 0.2) is 12.1 Å². The molecular weight excluding hydrogens is 341 g/mol. The second-order valence-electron chi connectivity index (χ2n) is 2.57. The van der Waals surface area contributed by atoms with Crippen molar-refractivity contribution in [2.24, 2.45) is 0 Å². The fourth-order valence-electron chi connectivity index (χ4n) is 0.948. The van der Waals surface area contributed by atoms with Crippen molar-refractivity contribution in [3.05, 3.63) is 28.5 Å². The van der Waals surface area contributed by atoms with Crippen molar-refractivity contribution in [1.82, 2.24) is 0 Å². The first-order chi connectivity index (χ1) is 6.43. The van der Waals surface area contributed by atoms with Crippen LogP contribution in [0.4, 0.5) is 4.39 Å². The maximum absolute atomic E-state index is 13.1. The van der Waals surface area contributed by atoms with E-state index in [0.29, 0.717) is 5.56 Å². The number of hydrogen-bond donors (Lipinski definition) is 2. The summed E-state index contributed by atoms with van der Waals surface area (Å²) in [6.45, 7) is 0. The number of rotatable bonds is 2. The average molecular weight is 346 g/mol. The van der Waals surface area contributed by atoms with E-state index >= 15 is 0 Å². The van der Waals surface area contributed by atoms with Crippen molar-refractivity contribution in [3.63, 3.8) is 0 Å². The highest BCUT2D eigenvalue weighted by atomic mass is 79.9. The van der Waals surface area contributed by atoms with Crippen LogP contribution in [0.25, 0.3) is 0 Å². The van der Waals surface area contributed by atoms with E-state index in [9.17, 15) is 4.39 Å². The highest BCUT2D eigenvalue weighted by Crippen LogP contribution is 2.33. The lowest BCUT2D eigenvalue weighted by molar-refractivity contribution is 0.423. The number of hydrogen-bond acceptors (Lipinski definition) is 2. The Kier molecular flexibility index (Phi) is 4.40. The molecule has 0 saturated heterocycles. The minimum atomic E-state index is -1.84. The van der Waals surface area contributed by atoms with Gasteiger partial charge in [-0.2, -0.15) is 0 Å². The molecule has 0 radical (unpaired) electrons. The van der Waals surface area contributed by atoms with Crippen LogP contribution in [0, 0.1) is 5.82 Å². The monoisotopic (exact) mass is 344 g/mol. The van der Waals surface area contributed by atoms with Gasteiger partial charge in [-0.1, -0.05) is 49.5 Å². The van der Waals surface area contributed by atoms with Gasteiger partial charge in [-0.05, 0) is 11.6 Å². The summed E-state index contributed by atoms with van der Waals surface area (Å²) in [6.07, 6.45) is 0. The summed E-state index contributed by atoms with van der Waals surface area (Å²) in [5, 5.41) is 17.9. The second-order valence-corrected chi connectivity index (χ2v) is 6.04. The standard InChI is InChI=1S/C7H5BBr2ClFO2/c9-7(10)3-1-4(8(13)14)6(12)2-5(3)11/h1-2,7,13-14H. The van der Waals surface area contributed by atoms with Gasteiger partial charge in [-0.25, -0.2) is 4.39 Å². The average Bonchev–Trinajstić information content (AvgIpc) is 2.02. The summed E-state index contributed by atoms with van der Waals surface area (Å²) in [5.41, 5.74) is 0.337. The fourth-order valence-corrected chi connectivity index (χ4v) is 2.23. The molecule has 7 heteroatoms. The van der Waals surface area contributed by atoms with E-state index in [1.807, 2.05) is 0 Å². The predicted molar refractivity (Wildman–Crippen MR) is 61.8 cm³/mol. The van der Waals surface area contributed by atoms with Crippen LogP contribution in [-0.4, -0.2) is 17.2 Å². The van der Waals surface area contributed by atoms with Crippen molar-refractivity contribution in [3.8, 4) is 0 Å². The molecule has 1 aromatic rings. The SMILES string of the molecule is OB(O)c1cc(C(Br)Br)c(Cl)cc1F. The lowest BCUT2D eigenvalue weighted by Gasteiger charge is -2.09. The van der Waals surface area contributed by atoms with Crippen LogP contribution in [-0.2, 0) is 0 Å². The largest absolute Gasteiger partial charge is 0.491 e. The molecule has 14 heavy (non-hydrogen) atoms. The van der Waals surface area contributed by atoms with Crippen LogP contribution in [0.5, 0.6) is 0 Å². The summed E-state index contributed by atoms with van der Waals surface area (Å²) < 4.78 is 12.8. The molecule has 2 nitrogen and oxygen atoms in total. The minimum Gasteiger partial charge on any atom is -0.423 e. The van der Waals surface area contributed by atoms with E-state index in [1.165, 1.54) is 6.07 Å². The van der Waals surface area contributed by atoms with Crippen molar-refractivity contribution >= 4 is 56.0 Å². The fraction of sp³-hybridized carbons (Fsp3) is 0.143. The zero-order valence-corrected chi connectivity index (χ0v) is 10.6. The third-order valence-electron chi connectivity index (χ3n) is 1.63. The Morgan fingerprint density at radius 1 is 1.36 bits per heavy atom. The Morgan fingerprint density at radius 2 is 1.93 bits per heavy atom. The molecule has 0 fully saturated rings. The first-order valence-corrected chi connectivity index (χ1v) is 5.77. The maximum Gasteiger partial charge on any atom is 0.491 e. The molecule has 0 bridgehead atoms. The lowest BCUT2D eigenvalue weighted by Crippen LogP contribution is -2.33. The molecule has 2 N–H and O–H groups in total. The van der Waals surface area contributed by atoms with E-state index in [-0.39, 0.29) is 14.2 Å². The third-order valence-corrected chi connectivity index (χ3v) is 2.94. The molecule has 0 heterocycles. The normalized spacial score (nSPS) is 10.8. The Balaban J connectivity index is 3.27. The molecule has 1 aromatic carbocycles. The highest BCUT2D eigenvalue weighted by Gasteiger charge is 2.20. The molecule has 76 valence electrons. The zero-order chi connectivity index (χ0) is 10.9. The Hall–Kier alpha value is 0.385. The summed E-state index contributed by atoms with van der Waals surface area (Å²) in [4.78, 5) is 0. The Morgan fingerprint density at radius 3 is 2.36 bits per heavy atom. The Labute approximate surface area is 102 Å². The summed E-state index contributed by atoms with van der Waals surface area (Å²) >= 11 is 12.1. The molecule has 0 atom stereocenters. The smallest absolute Gasteiger partial charge is 0.423 e. The molecule has 0 amide bonds. The van der Waals surface area contributed by atoms with E-state index in [1.54, 1.807) is 0 Å². The van der Waals surface area contributed by atoms with Gasteiger partial charge in [0.15, 0.2) is 0 Å². The molecule has 0 aliphatic rings. The number of halogens is 4. The molecule has 0 spiro atoms. The van der Waals surface area contributed by atoms with Crippen LogP contribution >= 0.6 is 43.5 Å². The van der Waals surface area contributed by atoms with Gasteiger partial charge in [0.2, 0.25) is 0 Å². The molecule has 0 aliphatic carbocycles. The van der Waals surface area contributed by atoms with Crippen molar-refractivity contribution in [2.45, 2.75) is 3.74 Å². The summed E-state index contributed by atoms with van der Waals surface area (Å²) in [5.74, 6) is -0.741. The van der Waals surface area contributed by atoms with E-state index in [0.717, 1.165) is 6.07 Å². The molecular formula is C7H5BBr2ClFO2. The van der Waals surface area contributed by atoms with E-state index in [4.69, 9.17) is 21.6 Å². The first kappa shape index (κ1) is 12.5. The van der Waals surface area contributed by atoms with Crippen LogP contribution in [0.1, 0.15) is 9.30 Å². The van der Waals surface area contributed by atoms with Gasteiger partial charge in [0, 0.05) is 10.5 Å². The van der Waals surface area contributed by atoms with Gasteiger partial charge in [-0.15, -0.1) is 0 Å². The van der Waals surface area contributed by atoms with Gasteiger partial charge in [0.25, 0.3) is 0 Å². The quantitative estimate of drug-likeness (QED) is 0.635. The van der Waals surface area contributed by atoms with Gasteiger partial charge in [-0.3, -0.25) is 0 Å². The number of benzene rings is 1. The molecule has 0 saturated carbocycles.